The minimum Gasteiger partial charge on any atom is -0.493 e. The van der Waals surface area contributed by atoms with Gasteiger partial charge in [-0.25, -0.2) is 4.98 Å². The molecule has 0 radical (unpaired) electrons. The number of aromatic nitrogens is 1. The van der Waals surface area contributed by atoms with Gasteiger partial charge in [-0.3, -0.25) is 10.1 Å². The van der Waals surface area contributed by atoms with E-state index in [1.165, 1.54) is 19.4 Å². The maximum absolute atomic E-state index is 11.4. The Morgan fingerprint density at radius 3 is 2.56 bits per heavy atom. The number of nitro groups is 1. The number of nitro benzene ring substituents is 1. The first kappa shape index (κ1) is 17.3. The number of ether oxygens (including phenoxy) is 2. The monoisotopic (exact) mass is 378 g/mol. The van der Waals surface area contributed by atoms with Gasteiger partial charge in [0.15, 0.2) is 17.0 Å². The maximum Gasteiger partial charge on any atom is 0.299 e. The van der Waals surface area contributed by atoms with Crippen LogP contribution in [-0.4, -0.2) is 17.0 Å². The molecule has 128 valence electrons. The van der Waals surface area contributed by atoms with Crippen molar-refractivity contribution < 1.29 is 14.4 Å². The summed E-state index contributed by atoms with van der Waals surface area (Å²) in [4.78, 5) is 15.0. The van der Waals surface area contributed by atoms with Gasteiger partial charge < -0.3 is 9.47 Å². The van der Waals surface area contributed by atoms with Gasteiger partial charge in [-0.1, -0.05) is 23.2 Å². The van der Waals surface area contributed by atoms with Crippen LogP contribution < -0.4 is 9.47 Å². The average Bonchev–Trinajstić information content (AvgIpc) is 2.57. The van der Waals surface area contributed by atoms with Crippen molar-refractivity contribution in [3.63, 3.8) is 0 Å². The van der Waals surface area contributed by atoms with Gasteiger partial charge in [0, 0.05) is 11.2 Å². The number of nitrogens with zero attached hydrogens (tertiary/aromatic N) is 2. The Hall–Kier alpha value is -2.57. The van der Waals surface area contributed by atoms with Gasteiger partial charge in [-0.15, -0.1) is 0 Å². The Bertz CT molecular complexity index is 992. The summed E-state index contributed by atoms with van der Waals surface area (Å²) in [5, 5.41) is 12.7. The summed E-state index contributed by atoms with van der Waals surface area (Å²) in [5.41, 5.74) is 0.808. The summed E-state index contributed by atoms with van der Waals surface area (Å²) in [7, 11) is 1.41. The van der Waals surface area contributed by atoms with E-state index in [1.54, 1.807) is 24.3 Å². The molecule has 25 heavy (non-hydrogen) atoms. The molecule has 0 aliphatic carbocycles. The number of pyridine rings is 1. The van der Waals surface area contributed by atoms with E-state index in [4.69, 9.17) is 32.7 Å². The molecule has 0 spiro atoms. The summed E-state index contributed by atoms with van der Waals surface area (Å²) in [6.45, 7) is 1.81. The molecular weight excluding hydrogens is 367 g/mol. The number of methoxy groups -OCH3 is 1. The molecule has 3 aromatic rings. The summed E-state index contributed by atoms with van der Waals surface area (Å²) in [5.74, 6) is 0.863. The molecule has 0 N–H and O–H groups in total. The molecular formula is C17H12Cl2N2O4. The molecule has 0 aliphatic rings. The second-order valence-electron chi connectivity index (χ2n) is 5.21. The van der Waals surface area contributed by atoms with Crippen molar-refractivity contribution in [3.05, 3.63) is 62.3 Å². The van der Waals surface area contributed by atoms with Crippen molar-refractivity contribution in [1.82, 2.24) is 4.98 Å². The number of halogens is 2. The average molecular weight is 379 g/mol. The van der Waals surface area contributed by atoms with Crippen molar-refractivity contribution in [2.24, 2.45) is 0 Å². The van der Waals surface area contributed by atoms with Crippen LogP contribution in [0.4, 0.5) is 5.69 Å². The molecule has 8 heteroatoms. The molecule has 0 bridgehead atoms. The Morgan fingerprint density at radius 1 is 1.16 bits per heavy atom. The summed E-state index contributed by atoms with van der Waals surface area (Å²) in [6, 6.07) is 7.82. The highest BCUT2D eigenvalue weighted by molar-refractivity contribution is 6.35. The van der Waals surface area contributed by atoms with E-state index in [-0.39, 0.29) is 17.0 Å². The molecule has 3 rings (SSSR count). The normalized spacial score (nSPS) is 10.7. The van der Waals surface area contributed by atoms with Crippen LogP contribution in [0.2, 0.25) is 10.0 Å². The van der Waals surface area contributed by atoms with E-state index in [9.17, 15) is 10.1 Å². The lowest BCUT2D eigenvalue weighted by Crippen LogP contribution is -1.99. The molecule has 1 aromatic heterocycles. The largest absolute Gasteiger partial charge is 0.493 e. The number of hydrogen-bond acceptors (Lipinski definition) is 5. The standard InChI is InChI=1S/C17H12Cl2N2O4/c1-9-5-6-20-16-12(21(22)23)8-14(24-2)17(15(9)16)25-13-4-3-10(18)7-11(13)19/h3-8H,1-2H3. The zero-order valence-corrected chi connectivity index (χ0v) is 14.8. The first-order chi connectivity index (χ1) is 11.9. The van der Waals surface area contributed by atoms with E-state index in [0.29, 0.717) is 26.9 Å². The molecule has 0 fully saturated rings. The second-order valence-corrected chi connectivity index (χ2v) is 6.06. The molecule has 0 aliphatic heterocycles. The van der Waals surface area contributed by atoms with Gasteiger partial charge in [-0.2, -0.15) is 0 Å². The smallest absolute Gasteiger partial charge is 0.299 e. The minimum atomic E-state index is -0.504. The first-order valence-electron chi connectivity index (χ1n) is 7.16. The van der Waals surface area contributed by atoms with Crippen LogP contribution in [-0.2, 0) is 0 Å². The highest BCUT2D eigenvalue weighted by atomic mass is 35.5. The van der Waals surface area contributed by atoms with Gasteiger partial charge in [0.1, 0.15) is 5.75 Å². The maximum atomic E-state index is 11.4. The quantitative estimate of drug-likeness (QED) is 0.438. The zero-order chi connectivity index (χ0) is 18.1. The van der Waals surface area contributed by atoms with Gasteiger partial charge in [0.05, 0.1) is 28.5 Å². The third-order valence-electron chi connectivity index (χ3n) is 3.64. The van der Waals surface area contributed by atoms with Crippen LogP contribution in [0, 0.1) is 17.0 Å². The van der Waals surface area contributed by atoms with E-state index in [1.807, 2.05) is 6.92 Å². The number of benzene rings is 2. The van der Waals surface area contributed by atoms with Crippen molar-refractivity contribution >= 4 is 39.8 Å². The SMILES string of the molecule is COc1cc([N+](=O)[O-])c2nccc(C)c2c1Oc1ccc(Cl)cc1Cl. The molecule has 6 nitrogen and oxygen atoms in total. The Kier molecular flexibility index (Phi) is 4.65. The lowest BCUT2D eigenvalue weighted by Gasteiger charge is -2.15. The number of aryl methyl sites for hydroxylation is 1. The van der Waals surface area contributed by atoms with Gasteiger partial charge in [0.2, 0.25) is 0 Å². The third kappa shape index (κ3) is 3.18. The van der Waals surface area contributed by atoms with Crippen LogP contribution in [0.3, 0.4) is 0 Å². The molecule has 0 saturated carbocycles. The summed E-state index contributed by atoms with van der Waals surface area (Å²) in [6.07, 6.45) is 1.51. The highest BCUT2D eigenvalue weighted by Gasteiger charge is 2.24. The molecule has 1 heterocycles. The van der Waals surface area contributed by atoms with Crippen LogP contribution in [0.5, 0.6) is 17.2 Å². The number of fused-ring (bicyclic) bond motifs is 1. The van der Waals surface area contributed by atoms with E-state index >= 15 is 0 Å². The lowest BCUT2D eigenvalue weighted by molar-refractivity contribution is -0.383. The summed E-state index contributed by atoms with van der Waals surface area (Å²) >= 11 is 12.1. The van der Waals surface area contributed by atoms with E-state index < -0.39 is 4.92 Å². The fraction of sp³-hybridized carbons (Fsp3) is 0.118. The lowest BCUT2D eigenvalue weighted by atomic mass is 10.1. The number of hydrogen-bond donors (Lipinski definition) is 0. The number of rotatable bonds is 4. The topological polar surface area (TPSA) is 74.5 Å². The van der Waals surface area contributed by atoms with Crippen LogP contribution >= 0.6 is 23.2 Å². The Labute approximate surface area is 153 Å². The van der Waals surface area contributed by atoms with Gasteiger partial charge >= 0.3 is 0 Å². The van der Waals surface area contributed by atoms with E-state index in [0.717, 1.165) is 5.56 Å². The van der Waals surface area contributed by atoms with Crippen LogP contribution in [0.25, 0.3) is 10.9 Å². The van der Waals surface area contributed by atoms with Crippen molar-refractivity contribution in [3.8, 4) is 17.2 Å². The fourth-order valence-electron chi connectivity index (χ4n) is 2.48. The van der Waals surface area contributed by atoms with E-state index in [2.05, 4.69) is 4.98 Å². The fourth-order valence-corrected chi connectivity index (χ4v) is 2.93. The number of non-ortho nitro benzene ring substituents is 1. The first-order valence-corrected chi connectivity index (χ1v) is 7.91. The van der Waals surface area contributed by atoms with Crippen molar-refractivity contribution in [2.75, 3.05) is 7.11 Å². The molecule has 0 amide bonds. The zero-order valence-electron chi connectivity index (χ0n) is 13.2. The molecule has 0 unspecified atom stereocenters. The molecule has 0 saturated heterocycles. The van der Waals surface area contributed by atoms with Crippen LogP contribution in [0.1, 0.15) is 5.56 Å². The van der Waals surface area contributed by atoms with Crippen LogP contribution in [0.15, 0.2) is 36.5 Å². The highest BCUT2D eigenvalue weighted by Crippen LogP contribution is 2.45. The predicted molar refractivity (Wildman–Crippen MR) is 96.2 cm³/mol. The predicted octanol–water partition coefficient (Wildman–Crippen LogP) is 5.56. The summed E-state index contributed by atoms with van der Waals surface area (Å²) < 4.78 is 11.2. The molecule has 2 aromatic carbocycles. The Balaban J connectivity index is 2.30. The molecule has 0 atom stereocenters. The van der Waals surface area contributed by atoms with Gasteiger partial charge in [-0.05, 0) is 36.8 Å². The Morgan fingerprint density at radius 2 is 1.92 bits per heavy atom. The minimum absolute atomic E-state index is 0.162. The van der Waals surface area contributed by atoms with Gasteiger partial charge in [0.25, 0.3) is 5.69 Å². The van der Waals surface area contributed by atoms with Crippen molar-refractivity contribution in [2.45, 2.75) is 6.92 Å². The van der Waals surface area contributed by atoms with Crippen molar-refractivity contribution in [1.29, 1.82) is 0 Å². The second kappa shape index (κ2) is 6.74. The third-order valence-corrected chi connectivity index (χ3v) is 4.17.